The van der Waals surface area contributed by atoms with Crippen molar-refractivity contribution in [3.63, 3.8) is 0 Å². The first-order valence-electron chi connectivity index (χ1n) is 5.66. The molecule has 3 aromatic heterocycles. The minimum absolute atomic E-state index is 0.165. The smallest absolute Gasteiger partial charge is 0.311 e. The first-order valence-corrected chi connectivity index (χ1v) is 5.66. The molecule has 114 valence electrons. The fourth-order valence-electron chi connectivity index (χ4n) is 1.33. The quantitative estimate of drug-likeness (QED) is 0.258. The summed E-state index contributed by atoms with van der Waals surface area (Å²) >= 11 is 0. The maximum atomic E-state index is 12.0. The predicted octanol–water partition coefficient (Wildman–Crippen LogP) is -1.80. The molecule has 3 heterocycles. The SMILES string of the molecule is NNc1nc2nccnc2c(=O)[nH]1.O=c1[nH]cc(F)c(=O)[nH]1. The van der Waals surface area contributed by atoms with E-state index in [0.717, 1.165) is 0 Å². The molecule has 3 rings (SSSR count). The van der Waals surface area contributed by atoms with Crippen LogP contribution in [0.15, 0.2) is 33.0 Å². The molecule has 0 saturated heterocycles. The summed E-state index contributed by atoms with van der Waals surface area (Å²) in [6.07, 6.45) is 3.59. The van der Waals surface area contributed by atoms with Crippen LogP contribution in [0.5, 0.6) is 0 Å². The second-order valence-corrected chi connectivity index (χ2v) is 3.71. The van der Waals surface area contributed by atoms with Crippen molar-refractivity contribution < 1.29 is 4.39 Å². The lowest BCUT2D eigenvalue weighted by atomic mass is 10.5. The number of nitrogens with zero attached hydrogens (tertiary/aromatic N) is 3. The lowest BCUT2D eigenvalue weighted by Crippen LogP contribution is -2.23. The van der Waals surface area contributed by atoms with E-state index in [-0.39, 0.29) is 22.7 Å². The van der Waals surface area contributed by atoms with Crippen LogP contribution in [0.1, 0.15) is 0 Å². The van der Waals surface area contributed by atoms with Gasteiger partial charge in [-0.15, -0.1) is 0 Å². The minimum atomic E-state index is -1.00. The molecule has 0 spiro atoms. The van der Waals surface area contributed by atoms with Gasteiger partial charge in [-0.3, -0.25) is 25.0 Å². The average molecular weight is 308 g/mol. The fraction of sp³-hybridized carbons (Fsp3) is 0. The van der Waals surface area contributed by atoms with Crippen molar-refractivity contribution >= 4 is 17.1 Å². The number of hydrogen-bond acceptors (Lipinski definition) is 8. The lowest BCUT2D eigenvalue weighted by molar-refractivity contribution is 0.597. The number of hydrazine groups is 1. The number of hydrogen-bond donors (Lipinski definition) is 5. The maximum absolute atomic E-state index is 12.0. The molecule has 0 radical (unpaired) electrons. The Morgan fingerprint density at radius 2 is 1.82 bits per heavy atom. The Labute approximate surface area is 119 Å². The highest BCUT2D eigenvalue weighted by Gasteiger charge is 2.03. The number of nitrogen functional groups attached to an aromatic ring is 1. The molecule has 0 saturated carbocycles. The van der Waals surface area contributed by atoms with Crippen molar-refractivity contribution in [2.75, 3.05) is 5.43 Å². The Kier molecular flexibility index (Phi) is 4.33. The van der Waals surface area contributed by atoms with E-state index in [1.54, 1.807) is 4.98 Å². The number of nitrogens with two attached hydrogens (primary N) is 1. The standard InChI is InChI=1S/C6H6N6O.C4H3FN2O2/c7-12-6-10-4-3(5(13)11-6)8-1-2-9-4;5-2-1-6-4(9)7-3(2)8/h1-2H,7H2,(H2,9,10,11,12,13);1H,(H2,6,7,8,9). The fourth-order valence-corrected chi connectivity index (χ4v) is 1.33. The molecule has 0 aliphatic rings. The number of H-pyrrole nitrogens is 3. The van der Waals surface area contributed by atoms with E-state index in [4.69, 9.17) is 5.84 Å². The highest BCUT2D eigenvalue weighted by atomic mass is 19.1. The second-order valence-electron chi connectivity index (χ2n) is 3.71. The summed E-state index contributed by atoms with van der Waals surface area (Å²) in [4.78, 5) is 49.2. The predicted molar refractivity (Wildman–Crippen MR) is 73.4 cm³/mol. The molecule has 0 fully saturated rings. The Bertz CT molecular complexity index is 962. The van der Waals surface area contributed by atoms with Gasteiger partial charge in [0.25, 0.3) is 11.1 Å². The van der Waals surface area contributed by atoms with Gasteiger partial charge in [-0.2, -0.15) is 9.37 Å². The summed E-state index contributed by atoms with van der Waals surface area (Å²) in [5.74, 6) is 4.25. The molecule has 0 aliphatic carbocycles. The Morgan fingerprint density at radius 1 is 1.09 bits per heavy atom. The summed E-state index contributed by atoms with van der Waals surface area (Å²) in [5.41, 5.74) is 0.607. The van der Waals surface area contributed by atoms with Crippen molar-refractivity contribution in [2.45, 2.75) is 0 Å². The van der Waals surface area contributed by atoms with Crippen LogP contribution in [0.3, 0.4) is 0 Å². The summed E-state index contributed by atoms with van der Waals surface area (Å²) in [6.45, 7) is 0. The zero-order valence-corrected chi connectivity index (χ0v) is 10.8. The van der Waals surface area contributed by atoms with Gasteiger partial charge in [-0.1, -0.05) is 0 Å². The number of rotatable bonds is 1. The van der Waals surface area contributed by atoms with Crippen molar-refractivity contribution in [3.8, 4) is 0 Å². The number of anilines is 1. The van der Waals surface area contributed by atoms with Gasteiger partial charge in [0.15, 0.2) is 11.2 Å². The van der Waals surface area contributed by atoms with E-state index >= 15 is 0 Å². The molecular formula is C10H9FN8O3. The monoisotopic (exact) mass is 308 g/mol. The average Bonchev–Trinajstić information content (AvgIpc) is 2.52. The molecule has 0 aromatic carbocycles. The Hall–Kier alpha value is -3.41. The third-order valence-corrected chi connectivity index (χ3v) is 2.25. The topological polar surface area (TPSA) is 175 Å². The number of aromatic nitrogens is 6. The van der Waals surface area contributed by atoms with Crippen molar-refractivity contribution in [1.82, 2.24) is 29.9 Å². The molecule has 0 atom stereocenters. The van der Waals surface area contributed by atoms with E-state index in [0.29, 0.717) is 6.20 Å². The summed E-state index contributed by atoms with van der Waals surface area (Å²) in [5, 5.41) is 0. The van der Waals surface area contributed by atoms with Crippen LogP contribution in [-0.4, -0.2) is 29.9 Å². The van der Waals surface area contributed by atoms with Gasteiger partial charge in [0.2, 0.25) is 11.8 Å². The van der Waals surface area contributed by atoms with Crippen LogP contribution < -0.4 is 28.1 Å². The summed E-state index contributed by atoms with van der Waals surface area (Å²) in [7, 11) is 0. The third kappa shape index (κ3) is 3.37. The molecule has 11 nitrogen and oxygen atoms in total. The van der Waals surface area contributed by atoms with Gasteiger partial charge < -0.3 is 4.98 Å². The van der Waals surface area contributed by atoms with Crippen LogP contribution >= 0.6 is 0 Å². The third-order valence-electron chi connectivity index (χ3n) is 2.25. The largest absolute Gasteiger partial charge is 0.325 e. The van der Waals surface area contributed by atoms with Crippen molar-refractivity contribution in [3.05, 3.63) is 55.6 Å². The molecule has 22 heavy (non-hydrogen) atoms. The normalized spacial score (nSPS) is 9.91. The molecule has 0 amide bonds. The van der Waals surface area contributed by atoms with Gasteiger partial charge in [0.05, 0.1) is 0 Å². The van der Waals surface area contributed by atoms with E-state index in [1.165, 1.54) is 12.4 Å². The number of nitrogens with one attached hydrogen (secondary N) is 4. The van der Waals surface area contributed by atoms with Crippen LogP contribution in [0, 0.1) is 5.82 Å². The van der Waals surface area contributed by atoms with Crippen LogP contribution in [-0.2, 0) is 0 Å². The Morgan fingerprint density at radius 3 is 2.45 bits per heavy atom. The molecule has 0 bridgehead atoms. The van der Waals surface area contributed by atoms with Gasteiger partial charge in [0, 0.05) is 18.6 Å². The highest BCUT2D eigenvalue weighted by Crippen LogP contribution is 1.99. The molecule has 0 aliphatic heterocycles. The molecule has 0 unspecified atom stereocenters. The summed E-state index contributed by atoms with van der Waals surface area (Å²) < 4.78 is 12.0. The molecule has 6 N–H and O–H groups in total. The zero-order valence-electron chi connectivity index (χ0n) is 10.8. The van der Waals surface area contributed by atoms with Gasteiger partial charge in [-0.25, -0.2) is 20.6 Å². The number of fused-ring (bicyclic) bond motifs is 1. The van der Waals surface area contributed by atoms with Gasteiger partial charge in [-0.05, 0) is 0 Å². The highest BCUT2D eigenvalue weighted by molar-refractivity contribution is 5.68. The van der Waals surface area contributed by atoms with E-state index in [1.807, 2.05) is 4.98 Å². The van der Waals surface area contributed by atoms with Gasteiger partial charge in [0.1, 0.15) is 0 Å². The number of aromatic amines is 3. The summed E-state index contributed by atoms with van der Waals surface area (Å²) in [6, 6.07) is 0. The first kappa shape index (κ1) is 15.0. The van der Waals surface area contributed by atoms with E-state index in [2.05, 4.69) is 25.4 Å². The molecule has 3 aromatic rings. The first-order chi connectivity index (χ1) is 10.5. The second kappa shape index (κ2) is 6.36. The van der Waals surface area contributed by atoms with E-state index < -0.39 is 17.1 Å². The van der Waals surface area contributed by atoms with Crippen LogP contribution in [0.25, 0.3) is 11.2 Å². The zero-order chi connectivity index (χ0) is 16.1. The van der Waals surface area contributed by atoms with Crippen molar-refractivity contribution in [2.24, 2.45) is 5.84 Å². The van der Waals surface area contributed by atoms with Crippen LogP contribution in [0.2, 0.25) is 0 Å². The van der Waals surface area contributed by atoms with Gasteiger partial charge >= 0.3 is 5.69 Å². The molecule has 12 heteroatoms. The molecular weight excluding hydrogens is 299 g/mol. The Balaban J connectivity index is 0.000000172. The maximum Gasteiger partial charge on any atom is 0.325 e. The number of halogens is 1. The lowest BCUT2D eigenvalue weighted by Gasteiger charge is -1.98. The van der Waals surface area contributed by atoms with E-state index in [9.17, 15) is 18.8 Å². The van der Waals surface area contributed by atoms with Crippen molar-refractivity contribution in [1.29, 1.82) is 0 Å². The minimum Gasteiger partial charge on any atom is -0.311 e. The van der Waals surface area contributed by atoms with Crippen LogP contribution in [0.4, 0.5) is 10.3 Å².